The molecule has 0 aromatic heterocycles. The summed E-state index contributed by atoms with van der Waals surface area (Å²) in [5.41, 5.74) is 1.07. The molecule has 1 nitrogen and oxygen atoms in total. The van der Waals surface area contributed by atoms with Crippen LogP contribution >= 0.6 is 0 Å². The molecule has 88 valence electrons. The van der Waals surface area contributed by atoms with E-state index >= 15 is 0 Å². The van der Waals surface area contributed by atoms with Crippen LogP contribution in [0, 0.1) is 17.3 Å². The Morgan fingerprint density at radius 3 is 2.67 bits per heavy atom. The van der Waals surface area contributed by atoms with Crippen LogP contribution < -0.4 is 5.32 Å². The second-order valence-electron chi connectivity index (χ2n) is 6.41. The summed E-state index contributed by atoms with van der Waals surface area (Å²) in [7, 11) is 0. The fourth-order valence-corrected chi connectivity index (χ4v) is 3.99. The Kier molecular flexibility index (Phi) is 2.87. The summed E-state index contributed by atoms with van der Waals surface area (Å²) in [6.45, 7) is 10.9. The van der Waals surface area contributed by atoms with Crippen molar-refractivity contribution in [3.05, 3.63) is 0 Å². The maximum Gasteiger partial charge on any atom is 0.0272 e. The van der Waals surface area contributed by atoms with Crippen molar-refractivity contribution in [3.8, 4) is 0 Å². The maximum absolute atomic E-state index is 3.89. The van der Waals surface area contributed by atoms with Crippen molar-refractivity contribution >= 4 is 0 Å². The SMILES string of the molecule is CCCCNC12CC(C)CCC1C2(C)C. The zero-order valence-corrected chi connectivity index (χ0v) is 10.9. The molecule has 1 N–H and O–H groups in total. The molecule has 0 heterocycles. The molecule has 0 spiro atoms. The monoisotopic (exact) mass is 209 g/mol. The molecule has 15 heavy (non-hydrogen) atoms. The van der Waals surface area contributed by atoms with Gasteiger partial charge in [-0.25, -0.2) is 0 Å². The summed E-state index contributed by atoms with van der Waals surface area (Å²) >= 11 is 0. The molecule has 2 aliphatic carbocycles. The van der Waals surface area contributed by atoms with Gasteiger partial charge in [-0.3, -0.25) is 0 Å². The molecular weight excluding hydrogens is 182 g/mol. The van der Waals surface area contributed by atoms with Gasteiger partial charge < -0.3 is 5.32 Å². The summed E-state index contributed by atoms with van der Waals surface area (Å²) in [6.07, 6.45) is 6.95. The first-order valence-electron chi connectivity index (χ1n) is 6.79. The lowest BCUT2D eigenvalue weighted by Gasteiger charge is -2.29. The van der Waals surface area contributed by atoms with Crippen LogP contribution in [0.3, 0.4) is 0 Å². The third-order valence-electron chi connectivity index (χ3n) is 5.12. The maximum atomic E-state index is 3.89. The standard InChI is InChI=1S/C14H27N/c1-5-6-9-15-14-10-11(2)7-8-12(14)13(14,3)4/h11-12,15H,5-10H2,1-4H3. The van der Waals surface area contributed by atoms with E-state index in [1.165, 1.54) is 38.6 Å². The highest BCUT2D eigenvalue weighted by Gasteiger charge is 2.71. The minimum absolute atomic E-state index is 0.514. The van der Waals surface area contributed by atoms with Crippen LogP contribution in [-0.2, 0) is 0 Å². The molecular formula is C14H27N. The van der Waals surface area contributed by atoms with E-state index in [0.29, 0.717) is 11.0 Å². The summed E-state index contributed by atoms with van der Waals surface area (Å²) < 4.78 is 0. The molecule has 1 heteroatoms. The second kappa shape index (κ2) is 3.76. The average Bonchev–Trinajstić information content (AvgIpc) is 2.63. The van der Waals surface area contributed by atoms with Gasteiger partial charge in [-0.2, -0.15) is 0 Å². The van der Waals surface area contributed by atoms with E-state index < -0.39 is 0 Å². The fraction of sp³-hybridized carbons (Fsp3) is 1.00. The van der Waals surface area contributed by atoms with Gasteiger partial charge in [0.25, 0.3) is 0 Å². The Balaban J connectivity index is 1.98. The lowest BCUT2D eigenvalue weighted by Crippen LogP contribution is -2.40. The molecule has 0 aromatic carbocycles. The third kappa shape index (κ3) is 1.63. The van der Waals surface area contributed by atoms with Crippen molar-refractivity contribution in [3.63, 3.8) is 0 Å². The molecule has 3 unspecified atom stereocenters. The van der Waals surface area contributed by atoms with Crippen molar-refractivity contribution in [2.75, 3.05) is 6.54 Å². The Hall–Kier alpha value is -0.0400. The van der Waals surface area contributed by atoms with Crippen LogP contribution in [0.5, 0.6) is 0 Å². The van der Waals surface area contributed by atoms with Crippen molar-refractivity contribution in [1.29, 1.82) is 0 Å². The second-order valence-corrected chi connectivity index (χ2v) is 6.41. The molecule has 2 fully saturated rings. The van der Waals surface area contributed by atoms with Crippen LogP contribution in [0.4, 0.5) is 0 Å². The lowest BCUT2D eigenvalue weighted by molar-refractivity contribution is 0.277. The largest absolute Gasteiger partial charge is 0.310 e. The first kappa shape index (κ1) is 11.4. The van der Waals surface area contributed by atoms with Gasteiger partial charge in [-0.05, 0) is 43.1 Å². The zero-order chi connectivity index (χ0) is 11.1. The Morgan fingerprint density at radius 2 is 2.00 bits per heavy atom. The molecule has 0 radical (unpaired) electrons. The topological polar surface area (TPSA) is 12.0 Å². The van der Waals surface area contributed by atoms with E-state index in [2.05, 4.69) is 33.0 Å². The van der Waals surface area contributed by atoms with Crippen molar-refractivity contribution in [2.45, 2.75) is 65.3 Å². The van der Waals surface area contributed by atoms with Gasteiger partial charge in [0.05, 0.1) is 0 Å². The van der Waals surface area contributed by atoms with Crippen LogP contribution in [0.1, 0.15) is 59.8 Å². The quantitative estimate of drug-likeness (QED) is 0.698. The van der Waals surface area contributed by atoms with Crippen LogP contribution in [0.25, 0.3) is 0 Å². The number of unbranched alkanes of at least 4 members (excludes halogenated alkanes) is 1. The predicted octanol–water partition coefficient (Wildman–Crippen LogP) is 3.59. The molecule has 2 rings (SSSR count). The molecule has 3 atom stereocenters. The number of nitrogens with one attached hydrogen (secondary N) is 1. The summed E-state index contributed by atoms with van der Waals surface area (Å²) in [4.78, 5) is 0. The fourth-order valence-electron chi connectivity index (χ4n) is 3.99. The highest BCUT2D eigenvalue weighted by atomic mass is 15.1. The molecule has 0 saturated heterocycles. The van der Waals surface area contributed by atoms with Crippen molar-refractivity contribution < 1.29 is 0 Å². The Bertz CT molecular complexity index is 233. The first-order chi connectivity index (χ1) is 7.04. The molecule has 2 saturated carbocycles. The van der Waals surface area contributed by atoms with Crippen LogP contribution in [-0.4, -0.2) is 12.1 Å². The first-order valence-corrected chi connectivity index (χ1v) is 6.79. The summed E-state index contributed by atoms with van der Waals surface area (Å²) in [5.74, 6) is 1.88. The summed E-state index contributed by atoms with van der Waals surface area (Å²) in [5, 5.41) is 3.89. The van der Waals surface area contributed by atoms with E-state index in [0.717, 1.165) is 11.8 Å². The van der Waals surface area contributed by atoms with Crippen molar-refractivity contribution in [2.24, 2.45) is 17.3 Å². The Labute approximate surface area is 95.0 Å². The van der Waals surface area contributed by atoms with Gasteiger partial charge in [0, 0.05) is 5.54 Å². The van der Waals surface area contributed by atoms with Gasteiger partial charge in [0.15, 0.2) is 0 Å². The van der Waals surface area contributed by atoms with Crippen LogP contribution in [0.15, 0.2) is 0 Å². The zero-order valence-electron chi connectivity index (χ0n) is 10.9. The van der Waals surface area contributed by atoms with Gasteiger partial charge in [-0.15, -0.1) is 0 Å². The van der Waals surface area contributed by atoms with E-state index in [1.807, 2.05) is 0 Å². The third-order valence-corrected chi connectivity index (χ3v) is 5.12. The molecule has 0 bridgehead atoms. The number of hydrogen-bond donors (Lipinski definition) is 1. The van der Waals surface area contributed by atoms with Crippen molar-refractivity contribution in [1.82, 2.24) is 5.32 Å². The highest BCUT2D eigenvalue weighted by Crippen LogP contribution is 2.68. The van der Waals surface area contributed by atoms with Crippen LogP contribution in [0.2, 0.25) is 0 Å². The molecule has 2 aliphatic rings. The van der Waals surface area contributed by atoms with Gasteiger partial charge in [0.2, 0.25) is 0 Å². The van der Waals surface area contributed by atoms with E-state index in [-0.39, 0.29) is 0 Å². The van der Waals surface area contributed by atoms with Gasteiger partial charge >= 0.3 is 0 Å². The normalized spacial score (nSPS) is 42.4. The Morgan fingerprint density at radius 1 is 1.27 bits per heavy atom. The molecule has 0 aromatic rings. The summed E-state index contributed by atoms with van der Waals surface area (Å²) in [6, 6.07) is 0. The number of hydrogen-bond acceptors (Lipinski definition) is 1. The lowest BCUT2D eigenvalue weighted by atomic mass is 9.86. The smallest absolute Gasteiger partial charge is 0.0272 e. The van der Waals surface area contributed by atoms with E-state index in [1.54, 1.807) is 0 Å². The van der Waals surface area contributed by atoms with E-state index in [4.69, 9.17) is 0 Å². The number of fused-ring (bicyclic) bond motifs is 1. The molecule has 0 amide bonds. The number of rotatable bonds is 4. The van der Waals surface area contributed by atoms with Gasteiger partial charge in [-0.1, -0.05) is 40.5 Å². The predicted molar refractivity (Wildman–Crippen MR) is 65.9 cm³/mol. The average molecular weight is 209 g/mol. The minimum Gasteiger partial charge on any atom is -0.310 e. The van der Waals surface area contributed by atoms with Gasteiger partial charge in [0.1, 0.15) is 0 Å². The van der Waals surface area contributed by atoms with E-state index in [9.17, 15) is 0 Å². The minimum atomic E-state index is 0.514. The highest BCUT2D eigenvalue weighted by molar-refractivity contribution is 5.25. The molecule has 0 aliphatic heterocycles.